The number of unbranched alkanes of at least 4 members (excludes halogenated alkanes) is 4. The van der Waals surface area contributed by atoms with Crippen LogP contribution >= 0.6 is 0 Å². The summed E-state index contributed by atoms with van der Waals surface area (Å²) >= 11 is 0. The predicted octanol–water partition coefficient (Wildman–Crippen LogP) is 2.73. The topological polar surface area (TPSA) is 49.7 Å². The molecular weight excluding hydrogens is 216 g/mol. The lowest BCUT2D eigenvalue weighted by molar-refractivity contribution is -0.144. The van der Waals surface area contributed by atoms with Crippen molar-refractivity contribution in [3.8, 4) is 0 Å². The number of hydrogen-bond acceptors (Lipinski definition) is 3. The Morgan fingerprint density at radius 2 is 1.94 bits per heavy atom. The van der Waals surface area contributed by atoms with Gasteiger partial charge in [0.05, 0.1) is 5.92 Å². The smallest absolute Gasteiger partial charge is 0.258 e. The van der Waals surface area contributed by atoms with Crippen molar-refractivity contribution >= 4 is 17.5 Å². The molecule has 1 aliphatic rings. The molecule has 0 saturated carbocycles. The van der Waals surface area contributed by atoms with Crippen LogP contribution in [0.15, 0.2) is 5.10 Å². The number of nitrogens with zero attached hydrogens (tertiary/aromatic N) is 2. The molecule has 1 rings (SSSR count). The van der Waals surface area contributed by atoms with Crippen molar-refractivity contribution in [1.29, 1.82) is 0 Å². The summed E-state index contributed by atoms with van der Waals surface area (Å²) in [6.07, 6.45) is 5.91. The van der Waals surface area contributed by atoms with Crippen LogP contribution in [-0.2, 0) is 9.59 Å². The minimum atomic E-state index is -0.237. The first-order valence-electron chi connectivity index (χ1n) is 6.49. The van der Waals surface area contributed by atoms with E-state index in [-0.39, 0.29) is 17.7 Å². The van der Waals surface area contributed by atoms with Gasteiger partial charge in [0, 0.05) is 12.1 Å². The standard InChI is InChI=1S/C13H22N2O2/c1-4-5-6-7-8-9-12(16)15-13(17)10(2)11(3)14-15/h10H,4-9H2,1-3H3. The first-order chi connectivity index (χ1) is 8.07. The van der Waals surface area contributed by atoms with Crippen LogP contribution in [0.3, 0.4) is 0 Å². The molecule has 96 valence electrons. The normalized spacial score (nSPS) is 19.7. The Morgan fingerprint density at radius 1 is 1.29 bits per heavy atom. The third-order valence-corrected chi connectivity index (χ3v) is 3.19. The number of carbonyl (C=O) groups excluding carboxylic acids is 2. The molecule has 1 unspecified atom stereocenters. The van der Waals surface area contributed by atoms with Crippen molar-refractivity contribution in [3.05, 3.63) is 0 Å². The summed E-state index contributed by atoms with van der Waals surface area (Å²) in [5, 5.41) is 5.07. The van der Waals surface area contributed by atoms with E-state index in [1.807, 2.05) is 0 Å². The fraction of sp³-hybridized carbons (Fsp3) is 0.769. The summed E-state index contributed by atoms with van der Waals surface area (Å²) in [7, 11) is 0. The van der Waals surface area contributed by atoms with Crippen LogP contribution in [0.2, 0.25) is 0 Å². The maximum Gasteiger partial charge on any atom is 0.258 e. The fourth-order valence-electron chi connectivity index (χ4n) is 1.82. The van der Waals surface area contributed by atoms with Crippen molar-refractivity contribution in [2.45, 2.75) is 59.3 Å². The molecule has 0 aromatic heterocycles. The van der Waals surface area contributed by atoms with Gasteiger partial charge in [0.2, 0.25) is 5.91 Å². The summed E-state index contributed by atoms with van der Waals surface area (Å²) in [5.41, 5.74) is 0.731. The molecule has 2 amide bonds. The molecule has 0 saturated heterocycles. The summed E-state index contributed by atoms with van der Waals surface area (Å²) in [5.74, 6) is -0.574. The van der Waals surface area contributed by atoms with E-state index in [1.54, 1.807) is 13.8 Å². The average Bonchev–Trinajstić information content (AvgIpc) is 2.56. The highest BCUT2D eigenvalue weighted by molar-refractivity contribution is 6.12. The van der Waals surface area contributed by atoms with E-state index in [0.717, 1.165) is 30.0 Å². The van der Waals surface area contributed by atoms with Crippen LogP contribution in [0.5, 0.6) is 0 Å². The van der Waals surface area contributed by atoms with E-state index in [4.69, 9.17) is 0 Å². The van der Waals surface area contributed by atoms with Gasteiger partial charge >= 0.3 is 0 Å². The summed E-state index contributed by atoms with van der Waals surface area (Å²) in [4.78, 5) is 23.5. The number of amides is 2. The van der Waals surface area contributed by atoms with Gasteiger partial charge in [-0.05, 0) is 20.3 Å². The van der Waals surface area contributed by atoms with Crippen LogP contribution in [0.25, 0.3) is 0 Å². The largest absolute Gasteiger partial charge is 0.272 e. The van der Waals surface area contributed by atoms with Crippen molar-refractivity contribution in [1.82, 2.24) is 5.01 Å². The average molecular weight is 238 g/mol. The van der Waals surface area contributed by atoms with Gasteiger partial charge in [-0.1, -0.05) is 32.6 Å². The quantitative estimate of drug-likeness (QED) is 0.668. The molecule has 4 nitrogen and oxygen atoms in total. The van der Waals surface area contributed by atoms with E-state index < -0.39 is 0 Å². The predicted molar refractivity (Wildman–Crippen MR) is 67.5 cm³/mol. The number of rotatable bonds is 6. The van der Waals surface area contributed by atoms with Gasteiger partial charge in [-0.15, -0.1) is 0 Å². The number of hydrazone groups is 1. The zero-order chi connectivity index (χ0) is 12.8. The maximum atomic E-state index is 11.8. The van der Waals surface area contributed by atoms with Crippen molar-refractivity contribution in [2.24, 2.45) is 11.0 Å². The van der Waals surface area contributed by atoms with Crippen molar-refractivity contribution in [2.75, 3.05) is 0 Å². The Labute approximate surface area is 103 Å². The zero-order valence-electron chi connectivity index (χ0n) is 11.0. The molecule has 0 aliphatic carbocycles. The Morgan fingerprint density at radius 3 is 2.47 bits per heavy atom. The number of imide groups is 1. The molecular formula is C13H22N2O2. The minimum Gasteiger partial charge on any atom is -0.272 e. The Hall–Kier alpha value is -1.19. The highest BCUT2D eigenvalue weighted by Crippen LogP contribution is 2.17. The SMILES string of the molecule is CCCCCCCC(=O)N1N=C(C)C(C)C1=O. The van der Waals surface area contributed by atoms with E-state index in [2.05, 4.69) is 12.0 Å². The third kappa shape index (κ3) is 3.65. The van der Waals surface area contributed by atoms with Crippen LogP contribution in [-0.4, -0.2) is 22.5 Å². The molecule has 4 heteroatoms. The minimum absolute atomic E-state index is 0.157. The molecule has 0 N–H and O–H groups in total. The van der Waals surface area contributed by atoms with E-state index in [9.17, 15) is 9.59 Å². The summed E-state index contributed by atoms with van der Waals surface area (Å²) in [6.45, 7) is 5.74. The second-order valence-corrected chi connectivity index (χ2v) is 4.67. The second kappa shape index (κ2) is 6.52. The third-order valence-electron chi connectivity index (χ3n) is 3.19. The lowest BCUT2D eigenvalue weighted by Gasteiger charge is -2.10. The highest BCUT2D eigenvalue weighted by Gasteiger charge is 2.33. The number of carbonyl (C=O) groups is 2. The van der Waals surface area contributed by atoms with E-state index in [1.165, 1.54) is 12.8 Å². The van der Waals surface area contributed by atoms with Gasteiger partial charge in [0.15, 0.2) is 0 Å². The second-order valence-electron chi connectivity index (χ2n) is 4.67. The van der Waals surface area contributed by atoms with E-state index >= 15 is 0 Å². The van der Waals surface area contributed by atoms with Crippen molar-refractivity contribution < 1.29 is 9.59 Å². The van der Waals surface area contributed by atoms with Crippen molar-refractivity contribution in [3.63, 3.8) is 0 Å². The first-order valence-corrected chi connectivity index (χ1v) is 6.49. The summed E-state index contributed by atoms with van der Waals surface area (Å²) in [6, 6.07) is 0. The van der Waals surface area contributed by atoms with Gasteiger partial charge in [-0.3, -0.25) is 9.59 Å². The van der Waals surface area contributed by atoms with E-state index in [0.29, 0.717) is 6.42 Å². The molecule has 0 fully saturated rings. The van der Waals surface area contributed by atoms with Crippen LogP contribution in [0.4, 0.5) is 0 Å². The zero-order valence-corrected chi connectivity index (χ0v) is 11.0. The van der Waals surface area contributed by atoms with Gasteiger partial charge in [-0.25, -0.2) is 0 Å². The molecule has 0 aromatic carbocycles. The molecule has 0 aromatic rings. The van der Waals surface area contributed by atoms with Crippen LogP contribution < -0.4 is 0 Å². The van der Waals surface area contributed by atoms with Gasteiger partial charge in [0.1, 0.15) is 0 Å². The molecule has 17 heavy (non-hydrogen) atoms. The van der Waals surface area contributed by atoms with Gasteiger partial charge in [0.25, 0.3) is 5.91 Å². The lowest BCUT2D eigenvalue weighted by atomic mass is 10.1. The Balaban J connectivity index is 2.32. The maximum absolute atomic E-state index is 11.8. The Bertz CT molecular complexity index is 323. The Kier molecular flexibility index (Phi) is 5.32. The van der Waals surface area contributed by atoms with Gasteiger partial charge in [-0.2, -0.15) is 10.1 Å². The molecule has 0 bridgehead atoms. The highest BCUT2D eigenvalue weighted by atomic mass is 16.2. The lowest BCUT2D eigenvalue weighted by Crippen LogP contribution is -2.31. The first kappa shape index (κ1) is 13.9. The summed E-state index contributed by atoms with van der Waals surface area (Å²) < 4.78 is 0. The number of hydrogen-bond donors (Lipinski definition) is 0. The fourth-order valence-corrected chi connectivity index (χ4v) is 1.82. The van der Waals surface area contributed by atoms with Gasteiger partial charge < -0.3 is 0 Å². The van der Waals surface area contributed by atoms with Crippen LogP contribution in [0, 0.1) is 5.92 Å². The molecule has 1 aliphatic heterocycles. The molecule has 1 heterocycles. The molecule has 0 spiro atoms. The van der Waals surface area contributed by atoms with Crippen LogP contribution in [0.1, 0.15) is 59.3 Å². The molecule has 0 radical (unpaired) electrons. The monoisotopic (exact) mass is 238 g/mol. The molecule has 1 atom stereocenters.